The van der Waals surface area contributed by atoms with Gasteiger partial charge < -0.3 is 9.84 Å². The van der Waals surface area contributed by atoms with Crippen molar-refractivity contribution in [3.8, 4) is 22.6 Å². The second-order valence-corrected chi connectivity index (χ2v) is 4.06. The van der Waals surface area contributed by atoms with Gasteiger partial charge >= 0.3 is 0 Å². The number of hydrogen-bond acceptors (Lipinski definition) is 4. The van der Waals surface area contributed by atoms with Crippen molar-refractivity contribution < 1.29 is 19.4 Å². The number of hydrogen-bond donors (Lipinski definition) is 2. The Kier molecular flexibility index (Phi) is 4.00. The summed E-state index contributed by atoms with van der Waals surface area (Å²) in [6, 6.07) is 11.7. The van der Waals surface area contributed by atoms with E-state index in [2.05, 4.69) is 5.32 Å². The highest BCUT2D eigenvalue weighted by atomic mass is 16.5. The highest BCUT2D eigenvalue weighted by Gasteiger charge is 2.07. The number of phenols is 1. The summed E-state index contributed by atoms with van der Waals surface area (Å²) >= 11 is 0. The normalized spacial score (nSPS) is 9.85. The van der Waals surface area contributed by atoms with E-state index in [1.807, 2.05) is 0 Å². The lowest BCUT2D eigenvalue weighted by molar-refractivity contribution is -0.108. The minimum Gasteiger partial charge on any atom is -0.504 e. The number of ether oxygens (including phenoxy) is 1. The summed E-state index contributed by atoms with van der Waals surface area (Å²) in [6.45, 7) is 0. The van der Waals surface area contributed by atoms with Crippen molar-refractivity contribution in [2.75, 3.05) is 7.11 Å². The zero-order valence-electron chi connectivity index (χ0n) is 10.8. The largest absolute Gasteiger partial charge is 0.504 e. The van der Waals surface area contributed by atoms with E-state index in [-0.39, 0.29) is 5.75 Å². The van der Waals surface area contributed by atoms with Crippen molar-refractivity contribution in [3.05, 3.63) is 48.0 Å². The van der Waals surface area contributed by atoms with Gasteiger partial charge in [0.25, 0.3) is 5.91 Å². The molecule has 0 aliphatic heterocycles. The third kappa shape index (κ3) is 2.77. The van der Waals surface area contributed by atoms with Crippen LogP contribution in [0.3, 0.4) is 0 Å². The van der Waals surface area contributed by atoms with Gasteiger partial charge in [0.2, 0.25) is 6.41 Å². The van der Waals surface area contributed by atoms with Crippen molar-refractivity contribution >= 4 is 12.3 Å². The summed E-state index contributed by atoms with van der Waals surface area (Å²) in [5.74, 6) is -0.00682. The molecule has 0 saturated carbocycles. The van der Waals surface area contributed by atoms with Gasteiger partial charge in [-0.25, -0.2) is 0 Å². The zero-order valence-corrected chi connectivity index (χ0v) is 10.8. The zero-order chi connectivity index (χ0) is 14.5. The Hall–Kier alpha value is -2.82. The molecule has 2 aromatic carbocycles. The van der Waals surface area contributed by atoms with Crippen molar-refractivity contribution in [3.63, 3.8) is 0 Å². The first kappa shape index (κ1) is 13.6. The quantitative estimate of drug-likeness (QED) is 0.833. The standard InChI is InChI=1S/C15H13NO4/c1-20-14-7-6-12(8-13(14)18)10-2-4-11(5-3-10)15(19)16-9-17/h2-9,18H,1H3,(H,16,17,19). The topological polar surface area (TPSA) is 75.6 Å². The van der Waals surface area contributed by atoms with E-state index in [0.717, 1.165) is 11.1 Å². The van der Waals surface area contributed by atoms with Crippen molar-refractivity contribution in [1.82, 2.24) is 5.32 Å². The van der Waals surface area contributed by atoms with Crippen LogP contribution in [0.4, 0.5) is 0 Å². The van der Waals surface area contributed by atoms with E-state index >= 15 is 0 Å². The molecule has 2 N–H and O–H groups in total. The molecule has 2 rings (SSSR count). The van der Waals surface area contributed by atoms with E-state index in [9.17, 15) is 14.7 Å². The number of phenolic OH excluding ortho intramolecular Hbond substituents is 1. The van der Waals surface area contributed by atoms with Gasteiger partial charge in [0.05, 0.1) is 7.11 Å². The summed E-state index contributed by atoms with van der Waals surface area (Å²) in [5.41, 5.74) is 2.02. The maximum Gasteiger partial charge on any atom is 0.257 e. The van der Waals surface area contributed by atoms with E-state index in [4.69, 9.17) is 4.74 Å². The molecule has 0 bridgehead atoms. The molecular weight excluding hydrogens is 258 g/mol. The fraction of sp³-hybridized carbons (Fsp3) is 0.0667. The van der Waals surface area contributed by atoms with E-state index in [1.165, 1.54) is 7.11 Å². The van der Waals surface area contributed by atoms with Crippen molar-refractivity contribution in [1.29, 1.82) is 0 Å². The van der Waals surface area contributed by atoms with Gasteiger partial charge in [0.15, 0.2) is 11.5 Å². The van der Waals surface area contributed by atoms with Crippen LogP contribution in [0.15, 0.2) is 42.5 Å². The second kappa shape index (κ2) is 5.88. The molecule has 20 heavy (non-hydrogen) atoms. The monoisotopic (exact) mass is 271 g/mol. The molecule has 102 valence electrons. The Morgan fingerprint density at radius 2 is 1.80 bits per heavy atom. The van der Waals surface area contributed by atoms with Gasteiger partial charge in [-0.15, -0.1) is 0 Å². The predicted molar refractivity (Wildman–Crippen MR) is 73.6 cm³/mol. The number of aromatic hydroxyl groups is 1. The summed E-state index contributed by atoms with van der Waals surface area (Å²) in [5, 5.41) is 11.8. The molecule has 5 nitrogen and oxygen atoms in total. The number of carbonyl (C=O) groups excluding carboxylic acids is 2. The van der Waals surface area contributed by atoms with Crippen molar-refractivity contribution in [2.45, 2.75) is 0 Å². The number of amides is 2. The third-order valence-electron chi connectivity index (χ3n) is 2.85. The maximum absolute atomic E-state index is 11.4. The lowest BCUT2D eigenvalue weighted by Gasteiger charge is -2.07. The maximum atomic E-state index is 11.4. The molecular formula is C15H13NO4. The molecule has 0 spiro atoms. The summed E-state index contributed by atoms with van der Waals surface area (Å²) < 4.78 is 4.98. The molecule has 0 unspecified atom stereocenters. The van der Waals surface area contributed by atoms with E-state index in [1.54, 1.807) is 42.5 Å². The van der Waals surface area contributed by atoms with Crippen LogP contribution in [0.2, 0.25) is 0 Å². The summed E-state index contributed by atoms with van der Waals surface area (Å²) in [4.78, 5) is 21.6. The Morgan fingerprint density at radius 1 is 1.15 bits per heavy atom. The van der Waals surface area contributed by atoms with Gasteiger partial charge in [0, 0.05) is 5.56 Å². The molecule has 0 aromatic heterocycles. The van der Waals surface area contributed by atoms with Gasteiger partial charge in [-0.1, -0.05) is 18.2 Å². The predicted octanol–water partition coefficient (Wildman–Crippen LogP) is 1.95. The van der Waals surface area contributed by atoms with Crippen LogP contribution < -0.4 is 10.1 Å². The van der Waals surface area contributed by atoms with Crippen LogP contribution in [0, 0.1) is 0 Å². The molecule has 0 fully saturated rings. The molecule has 0 aliphatic carbocycles. The minimum absolute atomic E-state index is 0.0489. The van der Waals surface area contributed by atoms with E-state index < -0.39 is 5.91 Å². The molecule has 0 heterocycles. The van der Waals surface area contributed by atoms with Crippen LogP contribution in [0.5, 0.6) is 11.5 Å². The highest BCUT2D eigenvalue weighted by molar-refractivity contribution is 6.00. The molecule has 0 saturated heterocycles. The Labute approximate surface area is 115 Å². The van der Waals surface area contributed by atoms with Crippen molar-refractivity contribution in [2.24, 2.45) is 0 Å². The molecule has 2 amide bonds. The minimum atomic E-state index is -0.455. The van der Waals surface area contributed by atoms with Gasteiger partial charge in [-0.2, -0.15) is 0 Å². The average molecular weight is 271 g/mol. The Bertz CT molecular complexity index is 635. The number of nitrogens with one attached hydrogen (secondary N) is 1. The first-order chi connectivity index (χ1) is 9.65. The number of benzene rings is 2. The lowest BCUT2D eigenvalue weighted by Crippen LogP contribution is -2.20. The summed E-state index contributed by atoms with van der Waals surface area (Å²) in [6.07, 6.45) is 0.345. The molecule has 0 radical (unpaired) electrons. The third-order valence-corrected chi connectivity index (χ3v) is 2.85. The van der Waals surface area contributed by atoms with Gasteiger partial charge in [-0.05, 0) is 35.4 Å². The lowest BCUT2D eigenvalue weighted by atomic mass is 10.0. The average Bonchev–Trinajstić information content (AvgIpc) is 2.47. The number of rotatable bonds is 4. The number of methoxy groups -OCH3 is 1. The fourth-order valence-electron chi connectivity index (χ4n) is 1.82. The van der Waals surface area contributed by atoms with Gasteiger partial charge in [-0.3, -0.25) is 14.9 Å². The van der Waals surface area contributed by atoms with Crippen LogP contribution in [0.25, 0.3) is 11.1 Å². The first-order valence-electron chi connectivity index (χ1n) is 5.87. The highest BCUT2D eigenvalue weighted by Crippen LogP contribution is 2.31. The van der Waals surface area contributed by atoms with Crippen LogP contribution in [0.1, 0.15) is 10.4 Å². The van der Waals surface area contributed by atoms with Crippen LogP contribution in [-0.4, -0.2) is 24.5 Å². The molecule has 0 aliphatic rings. The molecule has 0 atom stereocenters. The first-order valence-corrected chi connectivity index (χ1v) is 5.87. The number of carbonyl (C=O) groups is 2. The van der Waals surface area contributed by atoms with Crippen LogP contribution in [-0.2, 0) is 4.79 Å². The smallest absolute Gasteiger partial charge is 0.257 e. The second-order valence-electron chi connectivity index (χ2n) is 4.06. The molecule has 5 heteroatoms. The Balaban J connectivity index is 2.28. The van der Waals surface area contributed by atoms with Gasteiger partial charge in [0.1, 0.15) is 0 Å². The fourth-order valence-corrected chi connectivity index (χ4v) is 1.82. The SMILES string of the molecule is COc1ccc(-c2ccc(C(=O)NC=O)cc2)cc1O. The summed E-state index contributed by atoms with van der Waals surface area (Å²) in [7, 11) is 1.48. The van der Waals surface area contributed by atoms with Crippen LogP contribution >= 0.6 is 0 Å². The molecule has 2 aromatic rings. The number of imide groups is 1. The van der Waals surface area contributed by atoms with E-state index in [0.29, 0.717) is 17.7 Å². The Morgan fingerprint density at radius 3 is 2.35 bits per heavy atom.